The highest BCUT2D eigenvalue weighted by molar-refractivity contribution is 7.80. The zero-order valence-corrected chi connectivity index (χ0v) is 18.6. The molecular weight excluding hydrogens is 446 g/mol. The molecule has 1 aliphatic heterocycles. The number of thiazole rings is 1. The number of para-hydroxylation sites is 1. The summed E-state index contributed by atoms with van der Waals surface area (Å²) < 4.78 is 22.5. The van der Waals surface area contributed by atoms with Crippen LogP contribution in [0, 0.1) is 0 Å². The van der Waals surface area contributed by atoms with E-state index in [2.05, 4.69) is 15.6 Å². The van der Waals surface area contributed by atoms with Crippen molar-refractivity contribution >= 4 is 61.9 Å². The quantitative estimate of drug-likeness (QED) is 0.379. The van der Waals surface area contributed by atoms with E-state index in [1.54, 1.807) is 0 Å². The molecule has 0 unspecified atom stereocenters. The maximum absolute atomic E-state index is 11.7. The molecule has 0 aliphatic carbocycles. The van der Waals surface area contributed by atoms with Gasteiger partial charge in [0.15, 0.2) is 34.8 Å². The number of aromatic nitrogens is 1. The summed E-state index contributed by atoms with van der Waals surface area (Å²) in [5.74, 6) is -1.85. The Morgan fingerprint density at radius 2 is 1.71 bits per heavy atom. The van der Waals surface area contributed by atoms with E-state index in [1.807, 2.05) is 24.3 Å². The van der Waals surface area contributed by atoms with Crippen molar-refractivity contribution in [2.45, 2.75) is 45.3 Å². The molecule has 3 rings (SSSR count). The third kappa shape index (κ3) is 6.09. The van der Waals surface area contributed by atoms with Crippen molar-refractivity contribution in [2.24, 2.45) is 0 Å². The van der Waals surface area contributed by atoms with Gasteiger partial charge in [-0.05, 0) is 24.4 Å². The summed E-state index contributed by atoms with van der Waals surface area (Å²) in [7, 11) is 0. The zero-order chi connectivity index (χ0) is 22.5. The number of carbonyl (C=O) groups excluding carboxylic acids is 3. The standard InChI is InChI=1S/C19H21N3O7S2/c1-9(23)27-13-8-26-17(16(29-11(3)25)15(13)28-10(2)24)21-18(30)22-19-20-12-6-4-5-7-14(12)31-19/h4-7,13,15-17H,8H2,1-3H3,(H2,20,21,22,30)/t13-,15-,16+,17-/m1/s1. The van der Waals surface area contributed by atoms with Gasteiger partial charge in [0, 0.05) is 20.8 Å². The molecule has 0 radical (unpaired) electrons. The minimum absolute atomic E-state index is 0.100. The number of nitrogens with one attached hydrogen (secondary N) is 2. The fraction of sp³-hybridized carbons (Fsp3) is 0.421. The predicted molar refractivity (Wildman–Crippen MR) is 115 cm³/mol. The van der Waals surface area contributed by atoms with E-state index in [1.165, 1.54) is 32.1 Å². The van der Waals surface area contributed by atoms with Crippen molar-refractivity contribution in [1.82, 2.24) is 10.3 Å². The molecule has 1 aromatic heterocycles. The van der Waals surface area contributed by atoms with Crippen LogP contribution >= 0.6 is 23.6 Å². The number of rotatable bonds is 5. The van der Waals surface area contributed by atoms with Crippen LogP contribution in [0.2, 0.25) is 0 Å². The Hall–Kier alpha value is -2.83. The molecule has 0 amide bonds. The number of nitrogens with zero attached hydrogens (tertiary/aromatic N) is 1. The Balaban J connectivity index is 1.75. The van der Waals surface area contributed by atoms with Crippen LogP contribution in [0.4, 0.5) is 5.13 Å². The molecule has 2 heterocycles. The number of carbonyl (C=O) groups is 3. The van der Waals surface area contributed by atoms with E-state index in [-0.39, 0.29) is 11.7 Å². The van der Waals surface area contributed by atoms with Crippen LogP contribution in [-0.4, -0.2) is 59.2 Å². The van der Waals surface area contributed by atoms with Crippen LogP contribution in [-0.2, 0) is 33.3 Å². The van der Waals surface area contributed by atoms with Gasteiger partial charge in [-0.2, -0.15) is 0 Å². The topological polar surface area (TPSA) is 125 Å². The third-order valence-electron chi connectivity index (χ3n) is 4.14. The lowest BCUT2D eigenvalue weighted by Gasteiger charge is -2.40. The first kappa shape index (κ1) is 22.8. The number of fused-ring (bicyclic) bond motifs is 1. The Morgan fingerprint density at radius 3 is 2.35 bits per heavy atom. The molecule has 1 fully saturated rings. The first-order valence-corrected chi connectivity index (χ1v) is 10.5. The van der Waals surface area contributed by atoms with Crippen LogP contribution in [0.15, 0.2) is 24.3 Å². The van der Waals surface area contributed by atoms with Gasteiger partial charge >= 0.3 is 17.9 Å². The van der Waals surface area contributed by atoms with Crippen LogP contribution in [0.3, 0.4) is 0 Å². The summed E-state index contributed by atoms with van der Waals surface area (Å²) in [5.41, 5.74) is 0.823. The Kier molecular flexibility index (Phi) is 7.36. The van der Waals surface area contributed by atoms with Crippen LogP contribution in [0.1, 0.15) is 20.8 Å². The number of ether oxygens (including phenoxy) is 4. The average molecular weight is 468 g/mol. The van der Waals surface area contributed by atoms with Gasteiger partial charge in [-0.3, -0.25) is 14.4 Å². The molecule has 1 aliphatic rings. The highest BCUT2D eigenvalue weighted by Crippen LogP contribution is 2.26. The molecule has 12 heteroatoms. The largest absolute Gasteiger partial charge is 0.456 e. The maximum Gasteiger partial charge on any atom is 0.303 e. The minimum atomic E-state index is -1.12. The lowest BCUT2D eigenvalue weighted by atomic mass is 10.0. The van der Waals surface area contributed by atoms with Gasteiger partial charge in [-0.1, -0.05) is 23.5 Å². The van der Waals surface area contributed by atoms with Crippen molar-refractivity contribution in [3.05, 3.63) is 24.3 Å². The van der Waals surface area contributed by atoms with Gasteiger partial charge < -0.3 is 29.6 Å². The molecular formula is C19H21N3O7S2. The van der Waals surface area contributed by atoms with Gasteiger partial charge in [0.25, 0.3) is 0 Å². The minimum Gasteiger partial charge on any atom is -0.456 e. The van der Waals surface area contributed by atoms with Crippen LogP contribution in [0.25, 0.3) is 10.2 Å². The van der Waals surface area contributed by atoms with Gasteiger partial charge in [0.05, 0.1) is 16.8 Å². The number of benzene rings is 1. The molecule has 0 bridgehead atoms. The van der Waals surface area contributed by atoms with Crippen LogP contribution in [0.5, 0.6) is 0 Å². The molecule has 0 spiro atoms. The first-order chi connectivity index (χ1) is 14.7. The molecule has 1 aromatic carbocycles. The summed E-state index contributed by atoms with van der Waals surface area (Å²) in [5, 5.41) is 6.59. The summed E-state index contributed by atoms with van der Waals surface area (Å²) >= 11 is 6.76. The molecule has 2 aromatic rings. The van der Waals surface area contributed by atoms with E-state index in [4.69, 9.17) is 31.2 Å². The second-order valence-electron chi connectivity index (χ2n) is 6.64. The van der Waals surface area contributed by atoms with E-state index >= 15 is 0 Å². The van der Waals surface area contributed by atoms with Crippen LogP contribution < -0.4 is 10.6 Å². The molecule has 0 saturated carbocycles. The summed E-state index contributed by atoms with van der Waals surface area (Å²) in [6, 6.07) is 7.62. The van der Waals surface area contributed by atoms with E-state index in [0.29, 0.717) is 5.13 Å². The van der Waals surface area contributed by atoms with Crippen molar-refractivity contribution in [2.75, 3.05) is 11.9 Å². The average Bonchev–Trinajstić information content (AvgIpc) is 3.07. The van der Waals surface area contributed by atoms with Gasteiger partial charge in [0.2, 0.25) is 0 Å². The molecule has 4 atom stereocenters. The molecule has 2 N–H and O–H groups in total. The molecule has 31 heavy (non-hydrogen) atoms. The number of thiocarbonyl (C=S) groups is 1. The second kappa shape index (κ2) is 9.98. The highest BCUT2D eigenvalue weighted by atomic mass is 32.1. The third-order valence-corrected chi connectivity index (χ3v) is 5.31. The van der Waals surface area contributed by atoms with E-state index in [0.717, 1.165) is 10.2 Å². The fourth-order valence-corrected chi connectivity index (χ4v) is 4.20. The Bertz CT molecular complexity index is 963. The number of esters is 3. The van der Waals surface area contributed by atoms with Crippen molar-refractivity contribution in [3.63, 3.8) is 0 Å². The zero-order valence-electron chi connectivity index (χ0n) is 16.9. The Morgan fingerprint density at radius 1 is 1.06 bits per heavy atom. The maximum atomic E-state index is 11.7. The molecule has 166 valence electrons. The SMILES string of the molecule is CC(=O)O[C@H]1[C@H](OC(C)=O)[C@H](OC(C)=O)CO[C@H]1NC(=S)Nc1nc2ccccc2s1. The summed E-state index contributed by atoms with van der Waals surface area (Å²) in [4.78, 5) is 39.2. The van der Waals surface area contributed by atoms with Crippen molar-refractivity contribution in [3.8, 4) is 0 Å². The number of hydrogen-bond acceptors (Lipinski definition) is 10. The Labute approximate surface area is 187 Å². The monoisotopic (exact) mass is 467 g/mol. The van der Waals surface area contributed by atoms with Crippen molar-refractivity contribution in [1.29, 1.82) is 0 Å². The number of anilines is 1. The van der Waals surface area contributed by atoms with E-state index in [9.17, 15) is 14.4 Å². The van der Waals surface area contributed by atoms with Gasteiger partial charge in [0.1, 0.15) is 0 Å². The normalized spacial score (nSPS) is 22.9. The first-order valence-electron chi connectivity index (χ1n) is 9.29. The fourth-order valence-electron chi connectivity index (χ4n) is 3.05. The summed E-state index contributed by atoms with van der Waals surface area (Å²) in [6.07, 6.45) is -4.11. The van der Waals surface area contributed by atoms with E-state index < -0.39 is 42.4 Å². The van der Waals surface area contributed by atoms with Crippen molar-refractivity contribution < 1.29 is 33.3 Å². The highest BCUT2D eigenvalue weighted by Gasteiger charge is 2.47. The number of hydrogen-bond donors (Lipinski definition) is 2. The second-order valence-corrected chi connectivity index (χ2v) is 8.07. The predicted octanol–water partition coefficient (Wildman–Crippen LogP) is 1.73. The van der Waals surface area contributed by atoms with Gasteiger partial charge in [-0.15, -0.1) is 0 Å². The van der Waals surface area contributed by atoms with Gasteiger partial charge in [-0.25, -0.2) is 4.98 Å². The molecule has 1 saturated heterocycles. The summed E-state index contributed by atoms with van der Waals surface area (Å²) in [6.45, 7) is 3.52. The smallest absolute Gasteiger partial charge is 0.303 e. The lowest BCUT2D eigenvalue weighted by molar-refractivity contribution is -0.227. The molecule has 10 nitrogen and oxygen atoms in total. The lowest BCUT2D eigenvalue weighted by Crippen LogP contribution is -2.62.